The Labute approximate surface area is 685 Å². The van der Waals surface area contributed by atoms with Crippen LogP contribution in [0.5, 0.6) is 0 Å². The van der Waals surface area contributed by atoms with Gasteiger partial charge in [-0.05, 0) is 227 Å². The van der Waals surface area contributed by atoms with Crippen molar-refractivity contribution in [1.82, 2.24) is 9.13 Å². The molecule has 0 spiro atoms. The van der Waals surface area contributed by atoms with Crippen molar-refractivity contribution in [3.63, 3.8) is 0 Å². The molecule has 16 aromatic carbocycles. The van der Waals surface area contributed by atoms with Gasteiger partial charge < -0.3 is 23.4 Å². The molecule has 0 N–H and O–H groups in total. The Morgan fingerprint density at radius 2 is 0.838 bits per heavy atom. The smallest absolute Gasteiger partial charge is 0.159 e. The third-order valence-electron chi connectivity index (χ3n) is 28.2. The molecule has 22 rings (SSSR count). The molecule has 0 amide bonds. The molecule has 0 saturated heterocycles. The second kappa shape index (κ2) is 25.4. The Hall–Kier alpha value is -13.2. The number of rotatable bonds is 12. The number of nitrogens with zero attached hydrogens (tertiary/aromatic N) is 4. The normalized spacial score (nSPS) is 16.5. The lowest BCUT2D eigenvalue weighted by atomic mass is 9.54. The molecule has 117 heavy (non-hydrogen) atoms. The van der Waals surface area contributed by atoms with Crippen molar-refractivity contribution in [1.29, 1.82) is 0 Å². The highest BCUT2D eigenvalue weighted by atomic mass is 16.3. The summed E-state index contributed by atoms with van der Waals surface area (Å²) >= 11 is 0. The van der Waals surface area contributed by atoms with Crippen LogP contribution in [0.4, 0.5) is 34.1 Å². The SMILES string of the molecule is CC1(C)CC(C)(C)c2c(-n3c4ccc(N(c5ccc(-c6ccccc6)cc5)c5ccc6c(c5)C(C)(C)c5ccc(C7(C)C(C)(C)c8cccc(-c9ccc(-n%10c%11ccccc%11c%11ccc(N(c%12ccc(-c%13ccccc%13)cc%12)c%12cccc%13c%12oc%12ccccc%12%13)cc%11%10)cc9)c8C7(C)C)cc5-6)cc4c4cc5ccccc5cc43)cccc21. The second-order valence-electron chi connectivity index (χ2n) is 36.5. The Bertz CT molecular complexity index is 7310. The first-order chi connectivity index (χ1) is 56.6. The van der Waals surface area contributed by atoms with Crippen LogP contribution in [0.15, 0.2) is 350 Å². The standard InChI is InChI=1S/C112H92N4O/c1-107(2)69-108(3,4)105-94(107)37-26-40-99(105)116-98-62-58-81(66-92(98)91-63-75-31-18-19-32-76(75)64-101(91)116)113(78-50-43-72(44-51-78)70-27-14-12-15-28-70)82-56-59-85-90-65-77(49-61-93(90)109(5,6)96(85)67-82)112(11)110(7,8)95-38-24-35-84(104(95)111(112,9)10)74-47-54-80(55-48-74)115-97-39-22-20-33-86(97)87-60-57-83(68-102(87)115)114(79-52-45-73(46-53-79)71-29-16-13-17-30-71)100-41-25-36-89-88-34-21-23-42-103(88)117-106(89)100/h12-68H,69H2,1-11H3. The topological polar surface area (TPSA) is 29.5 Å². The number of fused-ring (bicyclic) bond motifs is 15. The van der Waals surface area contributed by atoms with E-state index in [9.17, 15) is 0 Å². The van der Waals surface area contributed by atoms with Crippen LogP contribution < -0.4 is 9.80 Å². The molecule has 3 aliphatic carbocycles. The predicted molar refractivity (Wildman–Crippen MR) is 494 cm³/mol. The number of hydrogen-bond acceptors (Lipinski definition) is 3. The van der Waals surface area contributed by atoms with Crippen LogP contribution in [0.3, 0.4) is 0 Å². The summed E-state index contributed by atoms with van der Waals surface area (Å²) in [5.41, 5.74) is 33.7. The summed E-state index contributed by atoms with van der Waals surface area (Å²) in [7, 11) is 0. The van der Waals surface area contributed by atoms with E-state index in [1.807, 2.05) is 0 Å². The number of aromatic nitrogens is 2. The maximum absolute atomic E-state index is 6.83. The highest BCUT2D eigenvalue weighted by Gasteiger charge is 2.61. The number of hydrogen-bond donors (Lipinski definition) is 0. The molecule has 3 heterocycles. The molecule has 1 unspecified atom stereocenters. The maximum atomic E-state index is 6.83. The summed E-state index contributed by atoms with van der Waals surface area (Å²) in [6.07, 6.45) is 1.09. The van der Waals surface area contributed by atoms with E-state index in [1.165, 1.54) is 127 Å². The van der Waals surface area contributed by atoms with Gasteiger partial charge in [-0.15, -0.1) is 0 Å². The summed E-state index contributed by atoms with van der Waals surface area (Å²) in [5, 5.41) is 9.56. The monoisotopic (exact) mass is 1510 g/mol. The third kappa shape index (κ3) is 10.3. The Balaban J connectivity index is 0.630. The minimum absolute atomic E-state index is 0.0129. The van der Waals surface area contributed by atoms with E-state index in [1.54, 1.807) is 0 Å². The van der Waals surface area contributed by atoms with Crippen molar-refractivity contribution in [2.24, 2.45) is 0 Å². The average Bonchev–Trinajstić information content (AvgIpc) is 1.51. The molecular formula is C112H92N4O. The van der Waals surface area contributed by atoms with Gasteiger partial charge in [0.25, 0.3) is 0 Å². The molecule has 0 saturated carbocycles. The number of benzene rings is 16. The van der Waals surface area contributed by atoms with Gasteiger partial charge >= 0.3 is 0 Å². The van der Waals surface area contributed by atoms with Gasteiger partial charge in [-0.1, -0.05) is 307 Å². The van der Waals surface area contributed by atoms with Gasteiger partial charge in [0.1, 0.15) is 5.58 Å². The van der Waals surface area contributed by atoms with Crippen LogP contribution >= 0.6 is 0 Å². The van der Waals surface area contributed by atoms with Crippen molar-refractivity contribution >= 4 is 110 Å². The lowest BCUT2D eigenvalue weighted by molar-refractivity contribution is 0.199. The summed E-state index contributed by atoms with van der Waals surface area (Å²) in [5.74, 6) is 0. The second-order valence-corrected chi connectivity index (χ2v) is 36.5. The number of anilines is 6. The van der Waals surface area contributed by atoms with Crippen LogP contribution in [0, 0.1) is 0 Å². The van der Waals surface area contributed by atoms with Gasteiger partial charge in [0.2, 0.25) is 0 Å². The minimum atomic E-state index is -0.335. The van der Waals surface area contributed by atoms with Gasteiger partial charge in [0, 0.05) is 88.1 Å². The predicted octanol–water partition coefficient (Wildman–Crippen LogP) is 30.7. The molecule has 19 aromatic rings. The molecule has 5 nitrogen and oxygen atoms in total. The minimum Gasteiger partial charge on any atom is -0.454 e. The number of furan rings is 1. The van der Waals surface area contributed by atoms with Gasteiger partial charge in [-0.2, -0.15) is 0 Å². The largest absolute Gasteiger partial charge is 0.454 e. The molecule has 3 aromatic heterocycles. The Morgan fingerprint density at radius 1 is 0.291 bits per heavy atom. The van der Waals surface area contributed by atoms with Crippen molar-refractivity contribution in [3.05, 3.63) is 385 Å². The molecule has 0 bridgehead atoms. The summed E-state index contributed by atoms with van der Waals surface area (Å²) < 4.78 is 11.9. The molecule has 566 valence electrons. The number of para-hydroxylation sites is 3. The summed E-state index contributed by atoms with van der Waals surface area (Å²) in [6.45, 7) is 27.2. The quantitative estimate of drug-likeness (QED) is 0.122. The highest BCUT2D eigenvalue weighted by molar-refractivity contribution is 6.16. The highest BCUT2D eigenvalue weighted by Crippen LogP contribution is 2.66. The van der Waals surface area contributed by atoms with Gasteiger partial charge in [-0.25, -0.2) is 0 Å². The molecule has 5 heteroatoms. The van der Waals surface area contributed by atoms with Crippen molar-refractivity contribution in [2.45, 2.75) is 115 Å². The van der Waals surface area contributed by atoms with Crippen molar-refractivity contribution < 1.29 is 4.42 Å². The lowest BCUT2D eigenvalue weighted by Gasteiger charge is -2.48. The zero-order valence-corrected chi connectivity index (χ0v) is 68.3. The van der Waals surface area contributed by atoms with E-state index < -0.39 is 0 Å². The summed E-state index contributed by atoms with van der Waals surface area (Å²) in [6, 6.07) is 130. The van der Waals surface area contributed by atoms with Crippen molar-refractivity contribution in [2.75, 3.05) is 9.80 Å². The average molecular weight is 1510 g/mol. The first-order valence-electron chi connectivity index (χ1n) is 41.7. The van der Waals surface area contributed by atoms with E-state index in [-0.39, 0.29) is 32.5 Å². The van der Waals surface area contributed by atoms with Crippen LogP contribution in [0.1, 0.15) is 122 Å². The van der Waals surface area contributed by atoms with Gasteiger partial charge in [-0.3, -0.25) is 0 Å². The fourth-order valence-electron chi connectivity index (χ4n) is 22.4. The molecule has 0 fully saturated rings. The van der Waals surface area contributed by atoms with Gasteiger partial charge in [0.15, 0.2) is 5.58 Å². The zero-order chi connectivity index (χ0) is 79.4. The van der Waals surface area contributed by atoms with Gasteiger partial charge in [0.05, 0.1) is 33.4 Å². The first-order valence-corrected chi connectivity index (χ1v) is 41.7. The first kappa shape index (κ1) is 70.4. The fraction of sp³-hybridized carbons (Fsp3) is 0.161. The maximum Gasteiger partial charge on any atom is 0.159 e. The molecule has 3 aliphatic rings. The molecule has 0 aliphatic heterocycles. The fourth-order valence-corrected chi connectivity index (χ4v) is 22.4. The van der Waals surface area contributed by atoms with Crippen LogP contribution in [-0.4, -0.2) is 9.13 Å². The molecule has 1 atom stereocenters. The van der Waals surface area contributed by atoms with E-state index in [4.69, 9.17) is 4.42 Å². The third-order valence-corrected chi connectivity index (χ3v) is 28.2. The van der Waals surface area contributed by atoms with E-state index in [2.05, 4.69) is 441 Å². The van der Waals surface area contributed by atoms with Crippen molar-refractivity contribution in [3.8, 4) is 55.9 Å². The zero-order valence-electron chi connectivity index (χ0n) is 68.3. The van der Waals surface area contributed by atoms with E-state index in [0.717, 1.165) is 84.8 Å². The lowest BCUT2D eigenvalue weighted by Crippen LogP contribution is -2.49. The Morgan fingerprint density at radius 3 is 1.57 bits per heavy atom. The van der Waals surface area contributed by atoms with Crippen LogP contribution in [0.25, 0.3) is 132 Å². The summed E-state index contributed by atoms with van der Waals surface area (Å²) in [4.78, 5) is 4.88. The van der Waals surface area contributed by atoms with Crippen LogP contribution in [0.2, 0.25) is 0 Å². The Kier molecular flexibility index (Phi) is 15.3. The van der Waals surface area contributed by atoms with E-state index in [0.29, 0.717) is 0 Å². The van der Waals surface area contributed by atoms with Crippen LogP contribution in [-0.2, 0) is 32.5 Å². The van der Waals surface area contributed by atoms with E-state index >= 15 is 0 Å². The molecular weight excluding hydrogens is 1420 g/mol. The molecule has 0 radical (unpaired) electrons.